The minimum atomic E-state index is -4.30. The first kappa shape index (κ1) is 17.0. The van der Waals surface area contributed by atoms with E-state index in [0.717, 1.165) is 34.4 Å². The highest BCUT2D eigenvalue weighted by Crippen LogP contribution is 2.28. The lowest BCUT2D eigenvalue weighted by molar-refractivity contribution is -0.137. The predicted octanol–water partition coefficient (Wildman–Crippen LogP) is 2.81. The number of rotatable bonds is 5. The molecule has 0 aromatic heterocycles. The van der Waals surface area contributed by atoms with Crippen LogP contribution in [0.2, 0.25) is 0 Å². The number of aryl methyl sites for hydroxylation is 1. The van der Waals surface area contributed by atoms with E-state index >= 15 is 0 Å². The first-order valence-electron chi connectivity index (χ1n) is 6.97. The smallest absolute Gasteiger partial charge is 0.330 e. The average Bonchev–Trinajstić information content (AvgIpc) is 2.49. The summed E-state index contributed by atoms with van der Waals surface area (Å²) in [6.45, 7) is 2.54. The predicted molar refractivity (Wildman–Crippen MR) is 89.2 cm³/mol. The number of hydrogen-bond donors (Lipinski definition) is 1. The van der Waals surface area contributed by atoms with Crippen LogP contribution in [0.1, 0.15) is 11.1 Å². The molecule has 0 saturated heterocycles. The summed E-state index contributed by atoms with van der Waals surface area (Å²) < 4.78 is 38.0. The summed E-state index contributed by atoms with van der Waals surface area (Å²) >= 11 is 1.64. The fourth-order valence-electron chi connectivity index (χ4n) is 2.16. The summed E-state index contributed by atoms with van der Waals surface area (Å²) in [5.74, 6) is 0.742. The maximum atomic E-state index is 12.7. The van der Waals surface area contributed by atoms with Crippen molar-refractivity contribution in [2.75, 3.05) is 12.3 Å². The van der Waals surface area contributed by atoms with Gasteiger partial charge in [0.25, 0.3) is 5.99 Å². The van der Waals surface area contributed by atoms with Gasteiger partial charge in [-0.25, -0.2) is 0 Å². The van der Waals surface area contributed by atoms with Crippen LogP contribution in [-0.2, 0) is 6.18 Å². The van der Waals surface area contributed by atoms with Crippen LogP contribution in [0, 0.1) is 6.92 Å². The Balaban J connectivity index is 2.30. The molecule has 0 aliphatic carbocycles. The van der Waals surface area contributed by atoms with E-state index in [1.807, 2.05) is 31.2 Å². The second-order valence-electron chi connectivity index (χ2n) is 5.07. The Labute approximate surface area is 133 Å². The molecule has 0 fully saturated rings. The normalized spacial score (nSPS) is 11.5. The highest BCUT2D eigenvalue weighted by Gasteiger charge is 2.30. The summed E-state index contributed by atoms with van der Waals surface area (Å²) in [6.07, 6.45) is -4.30. The van der Waals surface area contributed by atoms with Gasteiger partial charge in [0, 0.05) is 6.54 Å². The van der Waals surface area contributed by atoms with Crippen LogP contribution < -0.4 is 16.7 Å². The Kier molecular flexibility index (Phi) is 5.59. The quantitative estimate of drug-likeness (QED) is 0.857. The van der Waals surface area contributed by atoms with Crippen LogP contribution in [0.15, 0.2) is 48.5 Å². The van der Waals surface area contributed by atoms with E-state index in [4.69, 9.17) is 5.73 Å². The van der Waals surface area contributed by atoms with Crippen molar-refractivity contribution in [2.24, 2.45) is 5.73 Å². The first-order chi connectivity index (χ1) is 10.4. The Morgan fingerprint density at radius 3 is 1.91 bits per heavy atom. The molecule has 0 unspecified atom stereocenters. The number of nitrogens with two attached hydrogens (primary N) is 1. The van der Waals surface area contributed by atoms with Crippen LogP contribution in [-0.4, -0.2) is 18.3 Å². The summed E-state index contributed by atoms with van der Waals surface area (Å²) in [5.41, 5.74) is 8.03. The Morgan fingerprint density at radius 1 is 0.955 bits per heavy atom. The Bertz CT molecular complexity index is 596. The van der Waals surface area contributed by atoms with Crippen LogP contribution in [0.25, 0.3) is 0 Å². The van der Waals surface area contributed by atoms with E-state index in [1.165, 1.54) is 0 Å². The highest BCUT2D eigenvalue weighted by molar-refractivity contribution is 8.28. The number of halogens is 3. The average molecular weight is 323 g/mol. The van der Waals surface area contributed by atoms with Gasteiger partial charge in [0.2, 0.25) is 0 Å². The van der Waals surface area contributed by atoms with Crippen LogP contribution in [0.3, 0.4) is 0 Å². The van der Waals surface area contributed by atoms with Crippen LogP contribution >= 0.6 is 11.6 Å². The molecular formula is C16H17BF3NS. The third-order valence-corrected chi connectivity index (χ3v) is 4.67. The van der Waals surface area contributed by atoms with Gasteiger partial charge >= 0.3 is 6.18 Å². The molecule has 0 amide bonds. The Hall–Kier alpha value is -1.40. The van der Waals surface area contributed by atoms with E-state index in [9.17, 15) is 13.2 Å². The molecule has 0 aliphatic heterocycles. The van der Waals surface area contributed by atoms with Crippen molar-refractivity contribution in [2.45, 2.75) is 13.1 Å². The zero-order chi connectivity index (χ0) is 16.2. The molecule has 22 heavy (non-hydrogen) atoms. The molecule has 2 aromatic rings. The second-order valence-corrected chi connectivity index (χ2v) is 6.28. The van der Waals surface area contributed by atoms with E-state index in [1.54, 1.807) is 23.7 Å². The first-order valence-corrected chi connectivity index (χ1v) is 8.02. The van der Waals surface area contributed by atoms with Gasteiger partial charge in [-0.05, 0) is 12.7 Å². The molecule has 2 aromatic carbocycles. The van der Waals surface area contributed by atoms with Crippen LogP contribution in [0.4, 0.5) is 13.2 Å². The standard InChI is InChI=1S/C16H17BF3NS/c1-12-2-6-14(7-3-12)17(22-11-10-21)15-8-4-13(5-9-15)16(18,19)20/h2-9H,10-11,21H2,1H3. The molecule has 0 radical (unpaired) electrons. The largest absolute Gasteiger partial charge is 0.416 e. The minimum Gasteiger partial charge on any atom is -0.330 e. The van der Waals surface area contributed by atoms with Crippen molar-refractivity contribution in [1.82, 2.24) is 0 Å². The fraction of sp³-hybridized carbons (Fsp3) is 0.250. The lowest BCUT2D eigenvalue weighted by atomic mass is 9.61. The molecule has 2 N–H and O–H groups in total. The number of hydrogen-bond acceptors (Lipinski definition) is 2. The monoisotopic (exact) mass is 323 g/mol. The van der Waals surface area contributed by atoms with Gasteiger partial charge < -0.3 is 5.73 Å². The topological polar surface area (TPSA) is 26.0 Å². The van der Waals surface area contributed by atoms with Gasteiger partial charge in [-0.15, -0.1) is 0 Å². The van der Waals surface area contributed by atoms with E-state index in [0.29, 0.717) is 6.54 Å². The maximum Gasteiger partial charge on any atom is 0.416 e. The molecular weight excluding hydrogens is 306 g/mol. The summed E-state index contributed by atoms with van der Waals surface area (Å²) in [7, 11) is 0. The lowest BCUT2D eigenvalue weighted by Gasteiger charge is -2.15. The summed E-state index contributed by atoms with van der Waals surface area (Å²) in [4.78, 5) is 0. The summed E-state index contributed by atoms with van der Waals surface area (Å²) in [5, 5.41) is 0. The molecule has 2 rings (SSSR count). The van der Waals surface area contributed by atoms with Gasteiger partial charge in [0.05, 0.1) is 5.56 Å². The van der Waals surface area contributed by atoms with Crippen molar-refractivity contribution in [3.8, 4) is 0 Å². The van der Waals surface area contributed by atoms with Gasteiger partial charge in [0.1, 0.15) is 0 Å². The molecule has 0 atom stereocenters. The number of alkyl halides is 3. The van der Waals surface area contributed by atoms with Crippen molar-refractivity contribution in [3.63, 3.8) is 0 Å². The van der Waals surface area contributed by atoms with Crippen molar-refractivity contribution in [1.29, 1.82) is 0 Å². The van der Waals surface area contributed by atoms with Crippen molar-refractivity contribution >= 4 is 28.5 Å². The van der Waals surface area contributed by atoms with E-state index < -0.39 is 11.7 Å². The van der Waals surface area contributed by atoms with Crippen molar-refractivity contribution < 1.29 is 13.2 Å². The fourth-order valence-corrected chi connectivity index (χ4v) is 3.23. The SMILES string of the molecule is Cc1ccc(B(SCCN)c2ccc(C(F)(F)F)cc2)cc1. The van der Waals surface area contributed by atoms with Gasteiger partial charge in [-0.1, -0.05) is 65.0 Å². The zero-order valence-electron chi connectivity index (χ0n) is 12.2. The molecule has 0 heterocycles. The molecule has 0 spiro atoms. The molecule has 116 valence electrons. The second kappa shape index (κ2) is 7.25. The van der Waals surface area contributed by atoms with Gasteiger partial charge in [0.15, 0.2) is 0 Å². The molecule has 0 aliphatic rings. The Morgan fingerprint density at radius 2 is 1.45 bits per heavy atom. The van der Waals surface area contributed by atoms with Crippen LogP contribution in [0.5, 0.6) is 0 Å². The third kappa shape index (κ3) is 4.30. The maximum absolute atomic E-state index is 12.7. The molecule has 6 heteroatoms. The minimum absolute atomic E-state index is 0.00793. The van der Waals surface area contributed by atoms with E-state index in [2.05, 4.69) is 0 Å². The zero-order valence-corrected chi connectivity index (χ0v) is 13.0. The van der Waals surface area contributed by atoms with Gasteiger partial charge in [-0.3, -0.25) is 0 Å². The third-order valence-electron chi connectivity index (χ3n) is 3.32. The molecule has 0 saturated carbocycles. The van der Waals surface area contributed by atoms with Gasteiger partial charge in [-0.2, -0.15) is 24.8 Å². The summed E-state index contributed by atoms with van der Waals surface area (Å²) in [6, 6.07) is 13.4. The lowest BCUT2D eigenvalue weighted by Crippen LogP contribution is -2.40. The van der Waals surface area contributed by atoms with E-state index in [-0.39, 0.29) is 5.99 Å². The molecule has 1 nitrogen and oxygen atoms in total. The highest BCUT2D eigenvalue weighted by atomic mass is 32.2. The van der Waals surface area contributed by atoms with Crippen molar-refractivity contribution in [3.05, 3.63) is 59.7 Å². The molecule has 0 bridgehead atoms. The number of benzene rings is 2.